The zero-order valence-electron chi connectivity index (χ0n) is 8.19. The van der Waals surface area contributed by atoms with Crippen molar-refractivity contribution in [1.82, 2.24) is 4.90 Å². The first-order valence-corrected chi connectivity index (χ1v) is 4.70. The Labute approximate surface area is 78.5 Å². The summed E-state index contributed by atoms with van der Waals surface area (Å²) in [5.74, 6) is 0.236. The van der Waals surface area contributed by atoms with Crippen molar-refractivity contribution in [3.05, 3.63) is 0 Å². The molecule has 0 saturated carbocycles. The minimum absolute atomic E-state index is 0.0688. The zero-order chi connectivity index (χ0) is 9.84. The number of aliphatic hydroxyl groups excluding tert-OH is 1. The molecule has 1 N–H and O–H groups in total. The van der Waals surface area contributed by atoms with Gasteiger partial charge in [-0.05, 0) is 20.3 Å². The largest absolute Gasteiger partial charge is 0.447 e. The number of hydrogen-bond acceptors (Lipinski definition) is 3. The average Bonchev–Trinajstić information content (AvgIpc) is 2.50. The van der Waals surface area contributed by atoms with Crippen LogP contribution in [0.2, 0.25) is 0 Å². The monoisotopic (exact) mass is 187 g/mol. The van der Waals surface area contributed by atoms with Gasteiger partial charge in [0.15, 0.2) is 0 Å². The fourth-order valence-electron chi connectivity index (χ4n) is 1.42. The molecule has 1 unspecified atom stereocenters. The molecule has 0 radical (unpaired) electrons. The Balaban J connectivity index is 2.33. The normalized spacial score (nSPS) is 22.5. The van der Waals surface area contributed by atoms with Gasteiger partial charge in [-0.1, -0.05) is 0 Å². The van der Waals surface area contributed by atoms with E-state index in [0.29, 0.717) is 13.1 Å². The lowest BCUT2D eigenvalue weighted by Crippen LogP contribution is -2.31. The Morgan fingerprint density at radius 1 is 1.69 bits per heavy atom. The molecule has 0 aliphatic carbocycles. The van der Waals surface area contributed by atoms with E-state index in [9.17, 15) is 4.79 Å². The van der Waals surface area contributed by atoms with Crippen LogP contribution in [0.4, 0.5) is 4.79 Å². The van der Waals surface area contributed by atoms with Gasteiger partial charge < -0.3 is 14.7 Å². The third kappa shape index (κ3) is 2.88. The highest BCUT2D eigenvalue weighted by Gasteiger charge is 2.26. The number of likely N-dealkylation sites (tertiary alicyclic amines) is 1. The first-order valence-electron chi connectivity index (χ1n) is 4.70. The highest BCUT2D eigenvalue weighted by molar-refractivity contribution is 5.68. The highest BCUT2D eigenvalue weighted by Crippen LogP contribution is 2.16. The second-order valence-electron chi connectivity index (χ2n) is 3.72. The SMILES string of the molecule is CC(C)OC(=O)N1CCC(CO)C1. The van der Waals surface area contributed by atoms with Crippen molar-refractivity contribution in [2.24, 2.45) is 5.92 Å². The summed E-state index contributed by atoms with van der Waals surface area (Å²) < 4.78 is 5.03. The van der Waals surface area contributed by atoms with Gasteiger partial charge in [-0.2, -0.15) is 0 Å². The number of nitrogens with zero attached hydrogens (tertiary/aromatic N) is 1. The van der Waals surface area contributed by atoms with Gasteiger partial charge in [-0.25, -0.2) is 4.79 Å². The van der Waals surface area contributed by atoms with Crippen molar-refractivity contribution in [2.45, 2.75) is 26.4 Å². The maximum atomic E-state index is 11.3. The highest BCUT2D eigenvalue weighted by atomic mass is 16.6. The van der Waals surface area contributed by atoms with E-state index in [1.807, 2.05) is 13.8 Å². The molecule has 1 heterocycles. The summed E-state index contributed by atoms with van der Waals surface area (Å²) in [6.07, 6.45) is 0.551. The van der Waals surface area contributed by atoms with E-state index < -0.39 is 0 Å². The second kappa shape index (κ2) is 4.46. The van der Waals surface area contributed by atoms with Crippen molar-refractivity contribution in [2.75, 3.05) is 19.7 Å². The molecule has 0 aromatic carbocycles. The number of carbonyl (C=O) groups excluding carboxylic acids is 1. The minimum Gasteiger partial charge on any atom is -0.447 e. The number of amides is 1. The molecule has 1 aliphatic heterocycles. The molecule has 1 aliphatic rings. The van der Waals surface area contributed by atoms with E-state index in [1.54, 1.807) is 4.90 Å². The molecule has 0 aromatic heterocycles. The average molecular weight is 187 g/mol. The van der Waals surface area contributed by atoms with Crippen LogP contribution in [0.1, 0.15) is 20.3 Å². The molecule has 4 nitrogen and oxygen atoms in total. The number of aliphatic hydroxyl groups is 1. The maximum absolute atomic E-state index is 11.3. The molecule has 4 heteroatoms. The predicted molar refractivity (Wildman–Crippen MR) is 48.4 cm³/mol. The van der Waals surface area contributed by atoms with E-state index >= 15 is 0 Å². The molecule has 1 atom stereocenters. The van der Waals surface area contributed by atoms with Crippen molar-refractivity contribution in [3.63, 3.8) is 0 Å². The van der Waals surface area contributed by atoms with E-state index in [1.165, 1.54) is 0 Å². The van der Waals surface area contributed by atoms with Crippen LogP contribution in [0.25, 0.3) is 0 Å². The topological polar surface area (TPSA) is 49.8 Å². The van der Waals surface area contributed by atoms with Crippen LogP contribution >= 0.6 is 0 Å². The summed E-state index contributed by atoms with van der Waals surface area (Å²) in [5, 5.41) is 8.87. The Kier molecular flexibility index (Phi) is 3.54. The molecule has 1 rings (SSSR count). The molecule has 0 aromatic rings. The third-order valence-corrected chi connectivity index (χ3v) is 2.14. The van der Waals surface area contributed by atoms with Crippen molar-refractivity contribution < 1.29 is 14.6 Å². The zero-order valence-corrected chi connectivity index (χ0v) is 8.19. The minimum atomic E-state index is -0.258. The summed E-state index contributed by atoms with van der Waals surface area (Å²) in [6.45, 7) is 5.15. The molecule has 13 heavy (non-hydrogen) atoms. The van der Waals surface area contributed by atoms with Crippen LogP contribution in [0.3, 0.4) is 0 Å². The van der Waals surface area contributed by atoms with Crippen molar-refractivity contribution in [3.8, 4) is 0 Å². The fraction of sp³-hybridized carbons (Fsp3) is 0.889. The summed E-state index contributed by atoms with van der Waals surface area (Å²) in [5.41, 5.74) is 0. The van der Waals surface area contributed by atoms with E-state index in [4.69, 9.17) is 9.84 Å². The molecule has 1 saturated heterocycles. The first kappa shape index (κ1) is 10.3. The molecule has 0 spiro atoms. The Morgan fingerprint density at radius 3 is 2.85 bits per heavy atom. The summed E-state index contributed by atoms with van der Waals surface area (Å²) in [7, 11) is 0. The quantitative estimate of drug-likeness (QED) is 0.697. The van der Waals surface area contributed by atoms with E-state index in [-0.39, 0.29) is 24.7 Å². The van der Waals surface area contributed by atoms with Gasteiger partial charge >= 0.3 is 6.09 Å². The second-order valence-corrected chi connectivity index (χ2v) is 3.72. The lowest BCUT2D eigenvalue weighted by Gasteiger charge is -2.17. The van der Waals surface area contributed by atoms with Crippen molar-refractivity contribution >= 4 is 6.09 Å². The number of hydrogen-bond donors (Lipinski definition) is 1. The summed E-state index contributed by atoms with van der Waals surface area (Å²) >= 11 is 0. The first-order chi connectivity index (χ1) is 6.13. The van der Waals surface area contributed by atoms with Gasteiger partial charge in [0.05, 0.1) is 6.10 Å². The molecule has 0 bridgehead atoms. The lowest BCUT2D eigenvalue weighted by atomic mass is 10.1. The summed E-state index contributed by atoms with van der Waals surface area (Å²) in [4.78, 5) is 13.0. The molecule has 1 amide bonds. The number of carbonyl (C=O) groups is 1. The standard InChI is InChI=1S/C9H17NO3/c1-7(2)13-9(12)10-4-3-8(5-10)6-11/h7-8,11H,3-6H2,1-2H3. The predicted octanol–water partition coefficient (Wildman–Crippen LogP) is 0.846. The summed E-state index contributed by atoms with van der Waals surface area (Å²) in [6, 6.07) is 0. The third-order valence-electron chi connectivity index (χ3n) is 2.14. The van der Waals surface area contributed by atoms with Crippen LogP contribution in [0.5, 0.6) is 0 Å². The fourth-order valence-corrected chi connectivity index (χ4v) is 1.42. The van der Waals surface area contributed by atoms with Gasteiger partial charge in [0.2, 0.25) is 0 Å². The number of rotatable bonds is 2. The Hall–Kier alpha value is -0.770. The van der Waals surface area contributed by atoms with Gasteiger partial charge in [-0.15, -0.1) is 0 Å². The van der Waals surface area contributed by atoms with Crippen LogP contribution in [0, 0.1) is 5.92 Å². The smallest absolute Gasteiger partial charge is 0.410 e. The van der Waals surface area contributed by atoms with E-state index in [0.717, 1.165) is 6.42 Å². The maximum Gasteiger partial charge on any atom is 0.410 e. The van der Waals surface area contributed by atoms with Gasteiger partial charge in [-0.3, -0.25) is 0 Å². The molecular weight excluding hydrogens is 170 g/mol. The Morgan fingerprint density at radius 2 is 2.38 bits per heavy atom. The Bertz CT molecular complexity index is 182. The van der Waals surface area contributed by atoms with Gasteiger partial charge in [0.1, 0.15) is 0 Å². The molecule has 1 fully saturated rings. The van der Waals surface area contributed by atoms with Crippen LogP contribution in [-0.4, -0.2) is 41.9 Å². The van der Waals surface area contributed by atoms with Gasteiger partial charge in [0.25, 0.3) is 0 Å². The van der Waals surface area contributed by atoms with E-state index in [2.05, 4.69) is 0 Å². The van der Waals surface area contributed by atoms with Gasteiger partial charge in [0, 0.05) is 25.6 Å². The van der Waals surface area contributed by atoms with Crippen LogP contribution in [0.15, 0.2) is 0 Å². The van der Waals surface area contributed by atoms with Crippen molar-refractivity contribution in [1.29, 1.82) is 0 Å². The number of ether oxygens (including phenoxy) is 1. The molecular formula is C9H17NO3. The lowest BCUT2D eigenvalue weighted by molar-refractivity contribution is 0.0815. The van der Waals surface area contributed by atoms with Crippen LogP contribution < -0.4 is 0 Å². The molecule has 76 valence electrons. The van der Waals surface area contributed by atoms with Crippen LogP contribution in [-0.2, 0) is 4.74 Å².